The maximum atomic E-state index is 13.1. The first kappa shape index (κ1) is 18.8. The van der Waals surface area contributed by atoms with Gasteiger partial charge in [0, 0.05) is 11.9 Å². The lowest BCUT2D eigenvalue weighted by Crippen LogP contribution is -2.15. The molecule has 1 amide bonds. The van der Waals surface area contributed by atoms with E-state index < -0.39 is 17.6 Å². The number of hydrogen-bond acceptors (Lipinski definition) is 5. The first-order valence-electron chi connectivity index (χ1n) is 7.94. The van der Waals surface area contributed by atoms with Gasteiger partial charge in [0.1, 0.15) is 5.69 Å². The topological polar surface area (TPSA) is 90.7 Å². The summed E-state index contributed by atoms with van der Waals surface area (Å²) in [6.07, 6.45) is -3.30. The Bertz CT molecular complexity index is 1060. The second-order valence-corrected chi connectivity index (χ2v) is 5.58. The third-order valence-corrected chi connectivity index (χ3v) is 3.62. The van der Waals surface area contributed by atoms with Crippen LogP contribution in [-0.2, 0) is 6.18 Å². The van der Waals surface area contributed by atoms with Gasteiger partial charge in [-0.05, 0) is 36.4 Å². The second-order valence-electron chi connectivity index (χ2n) is 5.58. The highest BCUT2D eigenvalue weighted by Gasteiger charge is 2.33. The van der Waals surface area contributed by atoms with Crippen LogP contribution in [0.15, 0.2) is 60.8 Å². The Kier molecular flexibility index (Phi) is 5.22. The van der Waals surface area contributed by atoms with Crippen LogP contribution in [0.5, 0.6) is 0 Å². The molecule has 0 aliphatic heterocycles. The summed E-state index contributed by atoms with van der Waals surface area (Å²) in [4.78, 5) is 20.2. The van der Waals surface area contributed by atoms with Crippen molar-refractivity contribution in [3.63, 3.8) is 0 Å². The molecule has 0 bridgehead atoms. The van der Waals surface area contributed by atoms with Crippen molar-refractivity contribution in [1.29, 1.82) is 5.26 Å². The van der Waals surface area contributed by atoms with E-state index in [0.29, 0.717) is 11.3 Å². The van der Waals surface area contributed by atoms with Gasteiger partial charge in [-0.15, -0.1) is 0 Å². The minimum Gasteiger partial charge on any atom is -0.324 e. The number of nitrogens with zero attached hydrogens (tertiary/aromatic N) is 3. The molecule has 6 nitrogen and oxygen atoms in total. The van der Waals surface area contributed by atoms with E-state index in [1.54, 1.807) is 18.2 Å². The van der Waals surface area contributed by atoms with Crippen molar-refractivity contribution >= 4 is 23.2 Å². The SMILES string of the molecule is N#Cc1cccc(NC(=O)c2ccnc(Nc3ccccc3C(F)(F)F)n2)c1. The predicted octanol–water partition coefficient (Wildman–Crippen LogP) is 4.36. The van der Waals surface area contributed by atoms with E-state index in [9.17, 15) is 18.0 Å². The molecule has 9 heteroatoms. The van der Waals surface area contributed by atoms with Gasteiger partial charge in [0.15, 0.2) is 0 Å². The van der Waals surface area contributed by atoms with Crippen molar-refractivity contribution < 1.29 is 18.0 Å². The maximum absolute atomic E-state index is 13.1. The smallest absolute Gasteiger partial charge is 0.324 e. The Hall–Kier alpha value is -3.93. The number of carbonyl (C=O) groups is 1. The number of aromatic nitrogens is 2. The molecule has 140 valence electrons. The first-order valence-corrected chi connectivity index (χ1v) is 7.94. The summed E-state index contributed by atoms with van der Waals surface area (Å²) in [6, 6.07) is 14.4. The van der Waals surface area contributed by atoms with Crippen LogP contribution < -0.4 is 10.6 Å². The molecule has 28 heavy (non-hydrogen) atoms. The van der Waals surface area contributed by atoms with Gasteiger partial charge >= 0.3 is 6.18 Å². The zero-order valence-electron chi connectivity index (χ0n) is 14.2. The van der Waals surface area contributed by atoms with Crippen LogP contribution in [-0.4, -0.2) is 15.9 Å². The molecule has 2 N–H and O–H groups in total. The standard InChI is InChI=1S/C19H12F3N5O/c20-19(21,22)14-6-1-2-7-15(14)26-18-24-9-8-16(27-18)17(28)25-13-5-3-4-12(10-13)11-23/h1-10H,(H,25,28)(H,24,26,27). The summed E-state index contributed by atoms with van der Waals surface area (Å²) in [5.41, 5.74) is -0.397. The highest BCUT2D eigenvalue weighted by Crippen LogP contribution is 2.35. The lowest BCUT2D eigenvalue weighted by atomic mass is 10.1. The lowest BCUT2D eigenvalue weighted by molar-refractivity contribution is -0.136. The number of amides is 1. The first-order chi connectivity index (χ1) is 13.4. The zero-order chi connectivity index (χ0) is 20.1. The number of nitrogens with one attached hydrogen (secondary N) is 2. The fourth-order valence-electron chi connectivity index (χ4n) is 2.37. The van der Waals surface area contributed by atoms with Crippen LogP contribution in [0.25, 0.3) is 0 Å². The summed E-state index contributed by atoms with van der Waals surface area (Å²) in [5.74, 6) is -0.750. The van der Waals surface area contributed by atoms with Crippen molar-refractivity contribution in [1.82, 2.24) is 9.97 Å². The van der Waals surface area contributed by atoms with Gasteiger partial charge < -0.3 is 10.6 Å². The minimum absolute atomic E-state index is 0.0515. The third-order valence-electron chi connectivity index (χ3n) is 3.62. The minimum atomic E-state index is -4.55. The number of halogens is 3. The van der Waals surface area contributed by atoms with Crippen molar-refractivity contribution in [2.75, 3.05) is 10.6 Å². The Balaban J connectivity index is 1.81. The van der Waals surface area contributed by atoms with E-state index in [2.05, 4.69) is 20.6 Å². The highest BCUT2D eigenvalue weighted by atomic mass is 19.4. The quantitative estimate of drug-likeness (QED) is 0.698. The summed E-state index contributed by atoms with van der Waals surface area (Å²) in [7, 11) is 0. The van der Waals surface area contributed by atoms with Gasteiger partial charge in [0.05, 0.1) is 22.9 Å². The molecule has 0 aliphatic carbocycles. The molecule has 3 aromatic rings. The number of anilines is 3. The van der Waals surface area contributed by atoms with E-state index in [4.69, 9.17) is 5.26 Å². The molecule has 3 rings (SSSR count). The van der Waals surface area contributed by atoms with Gasteiger partial charge in [-0.25, -0.2) is 9.97 Å². The average Bonchev–Trinajstić information content (AvgIpc) is 2.68. The molecule has 0 saturated heterocycles. The molecular formula is C19H12F3N5O. The van der Waals surface area contributed by atoms with Crippen LogP contribution in [0, 0.1) is 11.3 Å². The Morgan fingerprint density at radius 3 is 2.61 bits per heavy atom. The number of benzene rings is 2. The molecule has 0 radical (unpaired) electrons. The molecule has 1 heterocycles. The number of para-hydroxylation sites is 1. The average molecular weight is 383 g/mol. The van der Waals surface area contributed by atoms with Gasteiger partial charge in [-0.1, -0.05) is 18.2 Å². The summed E-state index contributed by atoms with van der Waals surface area (Å²) < 4.78 is 39.3. The zero-order valence-corrected chi connectivity index (χ0v) is 14.2. The van der Waals surface area contributed by atoms with E-state index in [-0.39, 0.29) is 17.3 Å². The van der Waals surface area contributed by atoms with Crippen molar-refractivity contribution in [3.8, 4) is 6.07 Å². The van der Waals surface area contributed by atoms with E-state index in [0.717, 1.165) is 6.07 Å². The largest absolute Gasteiger partial charge is 0.418 e. The predicted molar refractivity (Wildman–Crippen MR) is 95.9 cm³/mol. The normalized spacial score (nSPS) is 10.8. The fraction of sp³-hybridized carbons (Fsp3) is 0.0526. The molecule has 0 unspecified atom stereocenters. The molecule has 2 aromatic carbocycles. The fourth-order valence-corrected chi connectivity index (χ4v) is 2.37. The summed E-state index contributed by atoms with van der Waals surface area (Å²) in [6.45, 7) is 0. The van der Waals surface area contributed by atoms with Crippen LogP contribution in [0.4, 0.5) is 30.5 Å². The highest BCUT2D eigenvalue weighted by molar-refractivity contribution is 6.03. The Labute approximate surface area is 157 Å². The van der Waals surface area contributed by atoms with Crippen molar-refractivity contribution in [3.05, 3.63) is 77.6 Å². The number of hydrogen-bond donors (Lipinski definition) is 2. The monoisotopic (exact) mass is 383 g/mol. The second kappa shape index (κ2) is 7.75. The molecule has 0 spiro atoms. The van der Waals surface area contributed by atoms with Gasteiger partial charge in [-0.3, -0.25) is 4.79 Å². The number of rotatable bonds is 4. The van der Waals surface area contributed by atoms with E-state index >= 15 is 0 Å². The van der Waals surface area contributed by atoms with Crippen molar-refractivity contribution in [2.45, 2.75) is 6.18 Å². The van der Waals surface area contributed by atoms with Crippen LogP contribution in [0.1, 0.15) is 21.6 Å². The van der Waals surface area contributed by atoms with Crippen molar-refractivity contribution in [2.24, 2.45) is 0 Å². The van der Waals surface area contributed by atoms with E-state index in [1.807, 2.05) is 6.07 Å². The number of carbonyl (C=O) groups excluding carboxylic acids is 1. The summed E-state index contributed by atoms with van der Waals surface area (Å²) >= 11 is 0. The molecule has 0 saturated carbocycles. The van der Waals surface area contributed by atoms with Gasteiger partial charge in [0.2, 0.25) is 5.95 Å². The number of nitriles is 1. The molecule has 1 aromatic heterocycles. The molecule has 0 fully saturated rings. The van der Waals surface area contributed by atoms with Crippen LogP contribution in [0.2, 0.25) is 0 Å². The third kappa shape index (κ3) is 4.42. The van der Waals surface area contributed by atoms with Gasteiger partial charge in [0.25, 0.3) is 5.91 Å². The molecular weight excluding hydrogens is 371 g/mol. The van der Waals surface area contributed by atoms with Gasteiger partial charge in [-0.2, -0.15) is 18.4 Å². The number of alkyl halides is 3. The van der Waals surface area contributed by atoms with E-state index in [1.165, 1.54) is 36.5 Å². The van der Waals surface area contributed by atoms with Crippen LogP contribution >= 0.6 is 0 Å². The molecule has 0 aliphatic rings. The molecule has 0 atom stereocenters. The lowest BCUT2D eigenvalue weighted by Gasteiger charge is -2.13. The Morgan fingerprint density at radius 1 is 1.07 bits per heavy atom. The maximum Gasteiger partial charge on any atom is 0.418 e. The Morgan fingerprint density at radius 2 is 1.86 bits per heavy atom. The van der Waals surface area contributed by atoms with Crippen LogP contribution in [0.3, 0.4) is 0 Å². The summed E-state index contributed by atoms with van der Waals surface area (Å²) in [5, 5.41) is 14.0.